The molecule has 174 valence electrons. The minimum absolute atomic E-state index is 0.290. The number of hydrogen-bond acceptors (Lipinski definition) is 7. The Balaban J connectivity index is 0.000000244. The van der Waals surface area contributed by atoms with Crippen molar-refractivity contribution in [1.82, 2.24) is 0 Å². The summed E-state index contributed by atoms with van der Waals surface area (Å²) in [5, 5.41) is 9.30. The molecule has 0 radical (unpaired) electrons. The molecule has 0 saturated carbocycles. The van der Waals surface area contributed by atoms with Crippen LogP contribution >= 0.6 is 0 Å². The zero-order valence-electron chi connectivity index (χ0n) is 18.6. The van der Waals surface area contributed by atoms with Gasteiger partial charge >= 0.3 is 11.9 Å². The molecular formula is C25H32O7. The van der Waals surface area contributed by atoms with Crippen LogP contribution in [0.1, 0.15) is 30.4 Å². The second-order valence-corrected chi connectivity index (χ2v) is 7.36. The fourth-order valence-electron chi connectivity index (χ4n) is 3.21. The monoisotopic (exact) mass is 444 g/mol. The molecule has 2 aromatic rings. The third kappa shape index (κ3) is 9.18. The molecule has 1 N–H and O–H groups in total. The highest BCUT2D eigenvalue weighted by molar-refractivity contribution is 5.75. The zero-order chi connectivity index (χ0) is 23.2. The lowest BCUT2D eigenvalue weighted by Crippen LogP contribution is -2.35. The minimum Gasteiger partial charge on any atom is -0.467 e. The maximum absolute atomic E-state index is 11.8. The van der Waals surface area contributed by atoms with Gasteiger partial charge in [0.05, 0.1) is 14.2 Å². The second-order valence-electron chi connectivity index (χ2n) is 7.36. The Hall–Kier alpha value is -2.74. The number of carbonyl (C=O) groups is 2. The van der Waals surface area contributed by atoms with E-state index in [0.717, 1.165) is 30.4 Å². The molecule has 32 heavy (non-hydrogen) atoms. The highest BCUT2D eigenvalue weighted by Crippen LogP contribution is 2.18. The number of aliphatic hydroxyl groups is 1. The lowest BCUT2D eigenvalue weighted by atomic mass is 10.1. The van der Waals surface area contributed by atoms with Crippen LogP contribution in [0, 0.1) is 0 Å². The molecule has 2 aromatic carbocycles. The van der Waals surface area contributed by atoms with Gasteiger partial charge in [-0.05, 0) is 30.4 Å². The van der Waals surface area contributed by atoms with Gasteiger partial charge < -0.3 is 24.1 Å². The number of rotatable bonds is 8. The van der Waals surface area contributed by atoms with E-state index in [-0.39, 0.29) is 12.3 Å². The standard InChI is InChI=1S/C15H20O4.C10H12O3/c1-17-15(16)13(11-12-7-3-2-4-8-12)19-14-9-5-6-10-18-14;1-13-10(12)9(11)7-8-5-3-2-4-6-8/h2-4,7-8,13-14H,5-6,9-11H2,1H3;2-6,9,11H,7H2,1H3/t13-,14?;9-/m00/s1. The first-order valence-electron chi connectivity index (χ1n) is 10.7. The van der Waals surface area contributed by atoms with Crippen molar-refractivity contribution in [2.45, 2.75) is 50.6 Å². The van der Waals surface area contributed by atoms with Crippen molar-refractivity contribution in [3.8, 4) is 0 Å². The van der Waals surface area contributed by atoms with Crippen LogP contribution in [0.3, 0.4) is 0 Å². The van der Waals surface area contributed by atoms with Gasteiger partial charge in [-0.1, -0.05) is 60.7 Å². The Labute approximate surface area is 189 Å². The first-order valence-corrected chi connectivity index (χ1v) is 10.7. The van der Waals surface area contributed by atoms with E-state index in [0.29, 0.717) is 19.4 Å². The van der Waals surface area contributed by atoms with E-state index in [9.17, 15) is 14.7 Å². The molecule has 0 aromatic heterocycles. The minimum atomic E-state index is -1.06. The Bertz CT molecular complexity index is 788. The van der Waals surface area contributed by atoms with Gasteiger partial charge in [-0.15, -0.1) is 0 Å². The average molecular weight is 445 g/mol. The summed E-state index contributed by atoms with van der Waals surface area (Å²) in [5.41, 5.74) is 1.97. The second kappa shape index (κ2) is 14.3. The number of ether oxygens (including phenoxy) is 4. The van der Waals surface area contributed by atoms with Gasteiger partial charge in [-0.25, -0.2) is 9.59 Å². The zero-order valence-corrected chi connectivity index (χ0v) is 18.6. The Kier molecular flexibility index (Phi) is 11.4. The van der Waals surface area contributed by atoms with Crippen molar-refractivity contribution in [1.29, 1.82) is 0 Å². The molecule has 7 heteroatoms. The molecule has 1 heterocycles. The molecule has 1 unspecified atom stereocenters. The lowest BCUT2D eigenvalue weighted by Gasteiger charge is -2.26. The van der Waals surface area contributed by atoms with Crippen LogP contribution in [0.2, 0.25) is 0 Å². The summed E-state index contributed by atoms with van der Waals surface area (Å²) in [6, 6.07) is 19.1. The lowest BCUT2D eigenvalue weighted by molar-refractivity contribution is -0.202. The largest absolute Gasteiger partial charge is 0.467 e. The average Bonchev–Trinajstić information content (AvgIpc) is 2.85. The Morgan fingerprint density at radius 1 is 0.906 bits per heavy atom. The molecule has 1 aliphatic heterocycles. The Morgan fingerprint density at radius 2 is 1.47 bits per heavy atom. The number of aliphatic hydroxyl groups excluding tert-OH is 1. The van der Waals surface area contributed by atoms with Crippen LogP contribution in [0.15, 0.2) is 60.7 Å². The molecule has 3 rings (SSSR count). The maximum atomic E-state index is 11.8. The summed E-state index contributed by atoms with van der Waals surface area (Å²) in [5.74, 6) is -0.943. The summed E-state index contributed by atoms with van der Waals surface area (Å²) < 4.78 is 20.5. The SMILES string of the molecule is COC(=O)[C@@H](O)Cc1ccccc1.COC(=O)[C@H](Cc1ccccc1)OC1CCCCO1. The molecule has 1 saturated heterocycles. The smallest absolute Gasteiger partial charge is 0.335 e. The first kappa shape index (κ1) is 25.5. The van der Waals surface area contributed by atoms with Crippen molar-refractivity contribution in [3.63, 3.8) is 0 Å². The third-order valence-electron chi connectivity index (χ3n) is 4.93. The third-order valence-corrected chi connectivity index (χ3v) is 4.93. The van der Waals surface area contributed by atoms with Crippen LogP contribution in [0.25, 0.3) is 0 Å². The van der Waals surface area contributed by atoms with Crippen LogP contribution in [-0.2, 0) is 41.4 Å². The van der Waals surface area contributed by atoms with Crippen LogP contribution < -0.4 is 0 Å². The maximum Gasteiger partial charge on any atom is 0.335 e. The van der Waals surface area contributed by atoms with Gasteiger partial charge in [0.25, 0.3) is 0 Å². The molecule has 1 fully saturated rings. The van der Waals surface area contributed by atoms with E-state index >= 15 is 0 Å². The first-order chi connectivity index (χ1) is 15.5. The van der Waals surface area contributed by atoms with E-state index in [2.05, 4.69) is 4.74 Å². The summed E-state index contributed by atoms with van der Waals surface area (Å²) in [6.07, 6.45) is 1.82. The number of benzene rings is 2. The normalized spacial score (nSPS) is 17.3. The van der Waals surface area contributed by atoms with Crippen molar-refractivity contribution < 1.29 is 33.6 Å². The van der Waals surface area contributed by atoms with Crippen LogP contribution in [0.4, 0.5) is 0 Å². The predicted octanol–water partition coefficient (Wildman–Crippen LogP) is 3.08. The van der Waals surface area contributed by atoms with Crippen molar-refractivity contribution in [2.75, 3.05) is 20.8 Å². The van der Waals surface area contributed by atoms with E-state index in [1.807, 2.05) is 60.7 Å². The fraction of sp³-hybridized carbons (Fsp3) is 0.440. The predicted molar refractivity (Wildman–Crippen MR) is 119 cm³/mol. The molecule has 0 aliphatic carbocycles. The van der Waals surface area contributed by atoms with Crippen LogP contribution in [-0.4, -0.2) is 56.4 Å². The van der Waals surface area contributed by atoms with Gasteiger partial charge in [-0.3, -0.25) is 0 Å². The van der Waals surface area contributed by atoms with Gasteiger partial charge in [-0.2, -0.15) is 0 Å². The molecule has 1 aliphatic rings. The summed E-state index contributed by atoms with van der Waals surface area (Å²) in [4.78, 5) is 22.6. The van der Waals surface area contributed by atoms with Crippen molar-refractivity contribution in [3.05, 3.63) is 71.8 Å². The topological polar surface area (TPSA) is 91.3 Å². The summed E-state index contributed by atoms with van der Waals surface area (Å²) >= 11 is 0. The van der Waals surface area contributed by atoms with E-state index in [1.54, 1.807) is 0 Å². The van der Waals surface area contributed by atoms with E-state index in [1.165, 1.54) is 14.2 Å². The number of hydrogen-bond donors (Lipinski definition) is 1. The highest BCUT2D eigenvalue weighted by Gasteiger charge is 2.26. The molecule has 3 atom stereocenters. The van der Waals surface area contributed by atoms with Crippen molar-refractivity contribution in [2.24, 2.45) is 0 Å². The fourth-order valence-corrected chi connectivity index (χ4v) is 3.21. The van der Waals surface area contributed by atoms with E-state index in [4.69, 9.17) is 14.2 Å². The quantitative estimate of drug-likeness (QED) is 0.626. The number of esters is 2. The van der Waals surface area contributed by atoms with Gasteiger partial charge in [0.2, 0.25) is 0 Å². The van der Waals surface area contributed by atoms with Gasteiger partial charge in [0.1, 0.15) is 0 Å². The Morgan fingerprint density at radius 3 is 1.97 bits per heavy atom. The molecule has 0 spiro atoms. The van der Waals surface area contributed by atoms with E-state index < -0.39 is 18.2 Å². The van der Waals surface area contributed by atoms with Gasteiger partial charge in [0.15, 0.2) is 18.5 Å². The molecular weight excluding hydrogens is 412 g/mol. The number of carbonyl (C=O) groups excluding carboxylic acids is 2. The molecule has 7 nitrogen and oxygen atoms in total. The molecule has 0 bridgehead atoms. The summed E-state index contributed by atoms with van der Waals surface area (Å²) in [6.45, 7) is 0.698. The van der Waals surface area contributed by atoms with Gasteiger partial charge in [0, 0.05) is 19.4 Å². The molecule has 0 amide bonds. The summed E-state index contributed by atoms with van der Waals surface area (Å²) in [7, 11) is 2.64. The van der Waals surface area contributed by atoms with Crippen LogP contribution in [0.5, 0.6) is 0 Å². The number of methoxy groups -OCH3 is 2. The highest BCUT2D eigenvalue weighted by atomic mass is 16.7. The van der Waals surface area contributed by atoms with Crippen molar-refractivity contribution >= 4 is 11.9 Å².